The van der Waals surface area contributed by atoms with Gasteiger partial charge in [0.15, 0.2) is 5.82 Å². The van der Waals surface area contributed by atoms with Crippen molar-refractivity contribution in [1.29, 1.82) is 0 Å². The van der Waals surface area contributed by atoms with Gasteiger partial charge in [0.2, 0.25) is 5.88 Å². The molecule has 2 rings (SSSR count). The molecule has 1 fully saturated rings. The van der Waals surface area contributed by atoms with Gasteiger partial charge in [-0.3, -0.25) is 4.98 Å². The Bertz CT molecular complexity index is 373. The Labute approximate surface area is 111 Å². The molecule has 94 valence electrons. The van der Waals surface area contributed by atoms with Gasteiger partial charge in [-0.15, -0.1) is 0 Å². The van der Waals surface area contributed by atoms with E-state index in [0.717, 1.165) is 17.7 Å². The normalized spacial score (nSPS) is 20.0. The molecule has 1 aromatic rings. The van der Waals surface area contributed by atoms with Crippen molar-refractivity contribution in [2.24, 2.45) is 0 Å². The SMILES string of the molecule is CC(C)Oc1cncc(N2CCCC2CBr)n1. The van der Waals surface area contributed by atoms with Crippen LogP contribution in [0, 0.1) is 0 Å². The maximum absolute atomic E-state index is 5.57. The van der Waals surface area contributed by atoms with Crippen LogP contribution in [0.3, 0.4) is 0 Å². The van der Waals surface area contributed by atoms with Crippen molar-refractivity contribution in [1.82, 2.24) is 9.97 Å². The zero-order valence-electron chi connectivity index (χ0n) is 10.3. The van der Waals surface area contributed by atoms with E-state index < -0.39 is 0 Å². The van der Waals surface area contributed by atoms with Gasteiger partial charge in [-0.25, -0.2) is 0 Å². The highest BCUT2D eigenvalue weighted by molar-refractivity contribution is 9.09. The molecule has 1 saturated heterocycles. The van der Waals surface area contributed by atoms with Crippen molar-refractivity contribution in [2.75, 3.05) is 16.8 Å². The summed E-state index contributed by atoms with van der Waals surface area (Å²) in [5.74, 6) is 1.53. The maximum Gasteiger partial charge on any atom is 0.234 e. The Morgan fingerprint density at radius 1 is 1.53 bits per heavy atom. The van der Waals surface area contributed by atoms with Gasteiger partial charge in [0.05, 0.1) is 18.5 Å². The van der Waals surface area contributed by atoms with Crippen LogP contribution in [0.4, 0.5) is 5.82 Å². The van der Waals surface area contributed by atoms with Crippen molar-refractivity contribution >= 4 is 21.7 Å². The second-order valence-corrected chi connectivity index (χ2v) is 5.17. The number of anilines is 1. The fourth-order valence-corrected chi connectivity index (χ4v) is 2.75. The van der Waals surface area contributed by atoms with Crippen molar-refractivity contribution in [3.8, 4) is 5.88 Å². The Morgan fingerprint density at radius 2 is 2.35 bits per heavy atom. The molecule has 0 spiro atoms. The van der Waals surface area contributed by atoms with Crippen LogP contribution >= 0.6 is 15.9 Å². The average Bonchev–Trinajstić information content (AvgIpc) is 2.76. The molecule has 4 nitrogen and oxygen atoms in total. The van der Waals surface area contributed by atoms with Crippen LogP contribution < -0.4 is 9.64 Å². The molecule has 0 N–H and O–H groups in total. The van der Waals surface area contributed by atoms with Gasteiger partial charge in [-0.05, 0) is 26.7 Å². The number of alkyl halides is 1. The van der Waals surface area contributed by atoms with E-state index in [1.807, 2.05) is 20.0 Å². The molecule has 1 aliphatic rings. The maximum atomic E-state index is 5.57. The van der Waals surface area contributed by atoms with E-state index in [1.54, 1.807) is 6.20 Å². The van der Waals surface area contributed by atoms with E-state index in [9.17, 15) is 0 Å². The van der Waals surface area contributed by atoms with Gasteiger partial charge in [0, 0.05) is 17.9 Å². The average molecular weight is 300 g/mol. The second-order valence-electron chi connectivity index (χ2n) is 4.53. The predicted octanol–water partition coefficient (Wildman–Crippen LogP) is 2.63. The summed E-state index contributed by atoms with van der Waals surface area (Å²) in [6.07, 6.45) is 6.04. The summed E-state index contributed by atoms with van der Waals surface area (Å²) in [7, 11) is 0. The predicted molar refractivity (Wildman–Crippen MR) is 72.0 cm³/mol. The number of aromatic nitrogens is 2. The molecule has 0 radical (unpaired) electrons. The lowest BCUT2D eigenvalue weighted by Crippen LogP contribution is -2.31. The molecule has 1 aliphatic heterocycles. The summed E-state index contributed by atoms with van der Waals surface area (Å²) < 4.78 is 5.57. The number of ether oxygens (including phenoxy) is 1. The highest BCUT2D eigenvalue weighted by Gasteiger charge is 2.25. The molecule has 17 heavy (non-hydrogen) atoms. The lowest BCUT2D eigenvalue weighted by molar-refractivity contribution is 0.231. The highest BCUT2D eigenvalue weighted by atomic mass is 79.9. The molecular weight excluding hydrogens is 282 g/mol. The van der Waals surface area contributed by atoms with Crippen LogP contribution in [0.15, 0.2) is 12.4 Å². The van der Waals surface area contributed by atoms with Gasteiger partial charge in [-0.1, -0.05) is 15.9 Å². The van der Waals surface area contributed by atoms with E-state index in [4.69, 9.17) is 4.74 Å². The minimum atomic E-state index is 0.130. The summed E-state index contributed by atoms with van der Waals surface area (Å²) in [5.41, 5.74) is 0. The number of hydrogen-bond acceptors (Lipinski definition) is 4. The van der Waals surface area contributed by atoms with Crippen molar-refractivity contribution in [3.63, 3.8) is 0 Å². The lowest BCUT2D eigenvalue weighted by Gasteiger charge is -2.24. The number of hydrogen-bond donors (Lipinski definition) is 0. The minimum Gasteiger partial charge on any atom is -0.474 e. The zero-order chi connectivity index (χ0) is 12.3. The highest BCUT2D eigenvalue weighted by Crippen LogP contribution is 2.25. The number of nitrogens with zero attached hydrogens (tertiary/aromatic N) is 3. The quantitative estimate of drug-likeness (QED) is 0.801. The first-order valence-corrected chi connectivity index (χ1v) is 7.14. The third-order valence-corrected chi connectivity index (χ3v) is 3.55. The van der Waals surface area contributed by atoms with Crippen molar-refractivity contribution in [3.05, 3.63) is 12.4 Å². The van der Waals surface area contributed by atoms with Gasteiger partial charge in [-0.2, -0.15) is 4.98 Å². The first-order valence-electron chi connectivity index (χ1n) is 6.02. The van der Waals surface area contributed by atoms with Crippen LogP contribution in [-0.4, -0.2) is 34.0 Å². The lowest BCUT2D eigenvalue weighted by atomic mass is 10.2. The van der Waals surface area contributed by atoms with E-state index in [0.29, 0.717) is 11.9 Å². The van der Waals surface area contributed by atoms with Crippen molar-refractivity contribution in [2.45, 2.75) is 38.8 Å². The Balaban J connectivity index is 2.15. The molecule has 1 unspecified atom stereocenters. The topological polar surface area (TPSA) is 38.2 Å². The summed E-state index contributed by atoms with van der Waals surface area (Å²) in [5, 5.41) is 0.976. The summed E-state index contributed by atoms with van der Waals surface area (Å²) in [6.45, 7) is 5.03. The second kappa shape index (κ2) is 5.67. The van der Waals surface area contributed by atoms with Crippen LogP contribution in [0.25, 0.3) is 0 Å². The summed E-state index contributed by atoms with van der Waals surface area (Å²) >= 11 is 3.55. The molecule has 1 atom stereocenters. The van der Waals surface area contributed by atoms with Gasteiger partial charge < -0.3 is 9.64 Å². The molecule has 0 aliphatic carbocycles. The van der Waals surface area contributed by atoms with E-state index in [1.165, 1.54) is 12.8 Å². The van der Waals surface area contributed by atoms with Gasteiger partial charge >= 0.3 is 0 Å². The van der Waals surface area contributed by atoms with Crippen molar-refractivity contribution < 1.29 is 4.74 Å². The van der Waals surface area contributed by atoms with Crippen LogP contribution in [-0.2, 0) is 0 Å². The van der Waals surface area contributed by atoms with E-state index in [-0.39, 0.29) is 6.10 Å². The molecule has 0 saturated carbocycles. The molecular formula is C12H18BrN3O. The Hall–Kier alpha value is -0.840. The molecule has 1 aromatic heterocycles. The fourth-order valence-electron chi connectivity index (χ4n) is 2.07. The van der Waals surface area contributed by atoms with Crippen LogP contribution in [0.1, 0.15) is 26.7 Å². The number of rotatable bonds is 4. The van der Waals surface area contributed by atoms with Gasteiger partial charge in [0.25, 0.3) is 0 Å². The summed E-state index contributed by atoms with van der Waals surface area (Å²) in [6, 6.07) is 0.526. The first kappa shape index (κ1) is 12.6. The first-order chi connectivity index (χ1) is 8.20. The van der Waals surface area contributed by atoms with Crippen LogP contribution in [0.2, 0.25) is 0 Å². The van der Waals surface area contributed by atoms with E-state index in [2.05, 4.69) is 30.8 Å². The molecule has 0 aromatic carbocycles. The molecule has 0 bridgehead atoms. The van der Waals surface area contributed by atoms with Crippen LogP contribution in [0.5, 0.6) is 5.88 Å². The van der Waals surface area contributed by atoms with Gasteiger partial charge in [0.1, 0.15) is 0 Å². The monoisotopic (exact) mass is 299 g/mol. The summed E-state index contributed by atoms with van der Waals surface area (Å²) in [4.78, 5) is 11.0. The number of halogens is 1. The Kier molecular flexibility index (Phi) is 4.20. The third-order valence-electron chi connectivity index (χ3n) is 2.81. The van der Waals surface area contributed by atoms with E-state index >= 15 is 0 Å². The Morgan fingerprint density at radius 3 is 3.06 bits per heavy atom. The standard InChI is InChI=1S/C12H18BrN3O/c1-9(2)17-12-8-14-7-11(15-12)16-5-3-4-10(16)6-13/h7-10H,3-6H2,1-2H3. The zero-order valence-corrected chi connectivity index (χ0v) is 11.9. The molecule has 2 heterocycles. The largest absolute Gasteiger partial charge is 0.474 e. The smallest absolute Gasteiger partial charge is 0.234 e. The molecule has 5 heteroatoms. The molecule has 0 amide bonds. The fraction of sp³-hybridized carbons (Fsp3) is 0.667. The minimum absolute atomic E-state index is 0.130. The third kappa shape index (κ3) is 3.09.